The number of carbonyl (C=O) groups excluding carboxylic acids is 1. The van der Waals surface area contributed by atoms with Crippen molar-refractivity contribution in [2.75, 3.05) is 18.1 Å². The van der Waals surface area contributed by atoms with E-state index >= 15 is 0 Å². The summed E-state index contributed by atoms with van der Waals surface area (Å²) in [6, 6.07) is 5.72. The summed E-state index contributed by atoms with van der Waals surface area (Å²) in [5.41, 5.74) is 2.12. The molecular formula is C15H24N2O3S. The van der Waals surface area contributed by atoms with Gasteiger partial charge in [0, 0.05) is 11.2 Å². The van der Waals surface area contributed by atoms with Gasteiger partial charge in [0.05, 0.1) is 12.8 Å². The lowest BCUT2D eigenvalue weighted by molar-refractivity contribution is -0.117. The van der Waals surface area contributed by atoms with Crippen molar-refractivity contribution in [2.45, 2.75) is 40.2 Å². The number of nitrogens with zero attached hydrogens (tertiary/aromatic N) is 1. The van der Waals surface area contributed by atoms with E-state index in [0.717, 1.165) is 17.4 Å². The molecule has 0 heterocycles. The van der Waals surface area contributed by atoms with Gasteiger partial charge in [-0.15, -0.1) is 0 Å². The van der Waals surface area contributed by atoms with Crippen molar-refractivity contribution >= 4 is 21.6 Å². The molecule has 1 aromatic carbocycles. The minimum absolute atomic E-state index is 0.199. The van der Waals surface area contributed by atoms with Crippen LogP contribution < -0.4 is 5.32 Å². The number of hydrogen-bond donors (Lipinski definition) is 1. The second-order valence-corrected chi connectivity index (χ2v) is 8.27. The van der Waals surface area contributed by atoms with Crippen LogP contribution in [0.2, 0.25) is 0 Å². The quantitative estimate of drug-likeness (QED) is 0.927. The number of aryl methyl sites for hydroxylation is 2. The first kappa shape index (κ1) is 17.7. The molecule has 1 N–H and O–H groups in total. The smallest absolute Gasteiger partial charge is 0.239 e. The Morgan fingerprint density at radius 2 is 1.62 bits per heavy atom. The van der Waals surface area contributed by atoms with Gasteiger partial charge < -0.3 is 5.32 Å². The summed E-state index contributed by atoms with van der Waals surface area (Å²) in [5.74, 6) is -0.347. The van der Waals surface area contributed by atoms with Gasteiger partial charge in [0.2, 0.25) is 15.9 Å². The SMILES string of the molecule is Cc1cc(C)cc(NC(=O)CN(C(C)(C)C)S(C)(=O)=O)c1. The fraction of sp³-hybridized carbons (Fsp3) is 0.533. The Morgan fingerprint density at radius 1 is 1.14 bits per heavy atom. The number of benzene rings is 1. The van der Waals surface area contributed by atoms with Crippen molar-refractivity contribution in [3.63, 3.8) is 0 Å². The van der Waals surface area contributed by atoms with Gasteiger partial charge in [-0.25, -0.2) is 8.42 Å². The van der Waals surface area contributed by atoms with E-state index in [1.165, 1.54) is 4.31 Å². The predicted octanol–water partition coefficient (Wildman–Crippen LogP) is 2.30. The Kier molecular flexibility index (Phi) is 5.17. The van der Waals surface area contributed by atoms with Crippen LogP contribution in [-0.4, -0.2) is 37.0 Å². The van der Waals surface area contributed by atoms with Crippen LogP contribution in [-0.2, 0) is 14.8 Å². The van der Waals surface area contributed by atoms with E-state index in [2.05, 4.69) is 5.32 Å². The van der Waals surface area contributed by atoms with Gasteiger partial charge >= 0.3 is 0 Å². The molecule has 0 aliphatic rings. The third-order valence-corrected chi connectivity index (χ3v) is 4.42. The standard InChI is InChI=1S/C15H24N2O3S/c1-11-7-12(2)9-13(8-11)16-14(18)10-17(15(3,4)5)21(6,19)20/h7-9H,10H2,1-6H3,(H,16,18). The maximum Gasteiger partial charge on any atom is 0.239 e. The highest BCUT2D eigenvalue weighted by Gasteiger charge is 2.31. The van der Waals surface area contributed by atoms with Crippen LogP contribution >= 0.6 is 0 Å². The molecule has 118 valence electrons. The molecule has 0 radical (unpaired) electrons. The number of nitrogens with one attached hydrogen (secondary N) is 1. The summed E-state index contributed by atoms with van der Waals surface area (Å²) < 4.78 is 24.8. The zero-order valence-electron chi connectivity index (χ0n) is 13.5. The van der Waals surface area contributed by atoms with Gasteiger partial charge in [-0.1, -0.05) is 6.07 Å². The highest BCUT2D eigenvalue weighted by molar-refractivity contribution is 7.88. The van der Waals surface area contributed by atoms with Crippen LogP contribution in [0.1, 0.15) is 31.9 Å². The van der Waals surface area contributed by atoms with Crippen LogP contribution in [0.4, 0.5) is 5.69 Å². The molecule has 0 aliphatic carbocycles. The van der Waals surface area contributed by atoms with E-state index in [1.807, 2.05) is 32.0 Å². The molecular weight excluding hydrogens is 288 g/mol. The Labute approximate surface area is 127 Å². The molecule has 0 atom stereocenters. The maximum atomic E-state index is 12.1. The van der Waals surface area contributed by atoms with Crippen LogP contribution in [0.3, 0.4) is 0 Å². The molecule has 1 amide bonds. The Bertz CT molecular complexity index is 611. The molecule has 6 heteroatoms. The van der Waals surface area contributed by atoms with E-state index < -0.39 is 15.6 Å². The largest absolute Gasteiger partial charge is 0.325 e. The third kappa shape index (κ3) is 5.47. The van der Waals surface area contributed by atoms with Crippen molar-refractivity contribution in [1.82, 2.24) is 4.31 Å². The van der Waals surface area contributed by atoms with E-state index in [4.69, 9.17) is 0 Å². The molecule has 0 fully saturated rings. The number of rotatable bonds is 4. The minimum atomic E-state index is -3.45. The first-order valence-electron chi connectivity index (χ1n) is 6.75. The fourth-order valence-corrected chi connectivity index (χ4v) is 3.58. The zero-order chi connectivity index (χ0) is 16.4. The summed E-state index contributed by atoms with van der Waals surface area (Å²) in [7, 11) is -3.45. The van der Waals surface area contributed by atoms with Gasteiger partial charge in [0.1, 0.15) is 0 Å². The number of sulfonamides is 1. The van der Waals surface area contributed by atoms with Crippen molar-refractivity contribution in [1.29, 1.82) is 0 Å². The maximum absolute atomic E-state index is 12.1. The highest BCUT2D eigenvalue weighted by Crippen LogP contribution is 2.18. The van der Waals surface area contributed by atoms with Crippen molar-refractivity contribution in [3.8, 4) is 0 Å². The van der Waals surface area contributed by atoms with E-state index in [-0.39, 0.29) is 12.5 Å². The number of anilines is 1. The summed E-state index contributed by atoms with van der Waals surface area (Å²) in [5, 5.41) is 2.75. The van der Waals surface area contributed by atoms with Crippen molar-refractivity contribution in [3.05, 3.63) is 29.3 Å². The Balaban J connectivity index is 2.89. The number of amides is 1. The molecule has 0 aliphatic heterocycles. The Morgan fingerprint density at radius 3 is 2.00 bits per heavy atom. The average molecular weight is 312 g/mol. The molecule has 21 heavy (non-hydrogen) atoms. The summed E-state index contributed by atoms with van der Waals surface area (Å²) >= 11 is 0. The lowest BCUT2D eigenvalue weighted by Gasteiger charge is -2.32. The fourth-order valence-electron chi connectivity index (χ4n) is 2.23. The highest BCUT2D eigenvalue weighted by atomic mass is 32.2. The average Bonchev–Trinajstić information content (AvgIpc) is 2.21. The normalized spacial score (nSPS) is 12.5. The van der Waals surface area contributed by atoms with Gasteiger partial charge in [-0.2, -0.15) is 4.31 Å². The number of hydrogen-bond acceptors (Lipinski definition) is 3. The van der Waals surface area contributed by atoms with E-state index in [9.17, 15) is 13.2 Å². The second kappa shape index (κ2) is 6.15. The lowest BCUT2D eigenvalue weighted by Crippen LogP contribution is -2.48. The Hall–Kier alpha value is -1.40. The van der Waals surface area contributed by atoms with Gasteiger partial charge in [0.25, 0.3) is 0 Å². The summed E-state index contributed by atoms with van der Waals surface area (Å²) in [4.78, 5) is 12.1. The van der Waals surface area contributed by atoms with Crippen molar-refractivity contribution < 1.29 is 13.2 Å². The summed E-state index contributed by atoms with van der Waals surface area (Å²) in [6.45, 7) is 8.98. The van der Waals surface area contributed by atoms with Crippen LogP contribution in [0.25, 0.3) is 0 Å². The monoisotopic (exact) mass is 312 g/mol. The molecule has 0 spiro atoms. The molecule has 1 rings (SSSR count). The van der Waals surface area contributed by atoms with E-state index in [0.29, 0.717) is 5.69 Å². The summed E-state index contributed by atoms with van der Waals surface area (Å²) in [6.07, 6.45) is 1.11. The minimum Gasteiger partial charge on any atom is -0.325 e. The third-order valence-electron chi connectivity index (χ3n) is 2.94. The van der Waals surface area contributed by atoms with Crippen LogP contribution in [0.15, 0.2) is 18.2 Å². The molecule has 0 saturated heterocycles. The van der Waals surface area contributed by atoms with Crippen molar-refractivity contribution in [2.24, 2.45) is 0 Å². The zero-order valence-corrected chi connectivity index (χ0v) is 14.3. The predicted molar refractivity (Wildman–Crippen MR) is 85.8 cm³/mol. The topological polar surface area (TPSA) is 66.5 Å². The van der Waals surface area contributed by atoms with Gasteiger partial charge in [-0.05, 0) is 57.9 Å². The number of carbonyl (C=O) groups is 1. The lowest BCUT2D eigenvalue weighted by atomic mass is 10.1. The van der Waals surface area contributed by atoms with E-state index in [1.54, 1.807) is 20.8 Å². The molecule has 0 unspecified atom stereocenters. The first-order valence-corrected chi connectivity index (χ1v) is 8.60. The molecule has 0 saturated carbocycles. The van der Waals surface area contributed by atoms with Crippen LogP contribution in [0, 0.1) is 13.8 Å². The van der Waals surface area contributed by atoms with Gasteiger partial charge in [0.15, 0.2) is 0 Å². The molecule has 0 bridgehead atoms. The van der Waals surface area contributed by atoms with Gasteiger partial charge in [-0.3, -0.25) is 4.79 Å². The molecule has 0 aromatic heterocycles. The second-order valence-electron chi connectivity index (χ2n) is 6.37. The molecule has 1 aromatic rings. The first-order chi connectivity index (χ1) is 9.39. The molecule has 5 nitrogen and oxygen atoms in total. The van der Waals surface area contributed by atoms with Crippen LogP contribution in [0.5, 0.6) is 0 Å².